The summed E-state index contributed by atoms with van der Waals surface area (Å²) in [7, 11) is 1.98. The highest BCUT2D eigenvalue weighted by Crippen LogP contribution is 2.28. The third-order valence-corrected chi connectivity index (χ3v) is 6.58. The number of rotatable bonds is 6. The average Bonchev–Trinajstić information content (AvgIpc) is 3.24. The Bertz CT molecular complexity index is 771. The highest BCUT2D eigenvalue weighted by atomic mass is 16.2. The van der Waals surface area contributed by atoms with E-state index in [0.29, 0.717) is 18.4 Å². The van der Waals surface area contributed by atoms with E-state index in [1.165, 1.54) is 11.3 Å². The van der Waals surface area contributed by atoms with E-state index in [1.54, 1.807) is 0 Å². The highest BCUT2D eigenvalue weighted by Gasteiger charge is 2.27. The molecule has 2 fully saturated rings. The molecule has 0 bridgehead atoms. The average molecular weight is 392 g/mol. The Labute approximate surface area is 175 Å². The number of likely N-dealkylation sites (N-methyl/N-ethyl adjacent to an activating group) is 1. The first-order valence-electron chi connectivity index (χ1n) is 11.0. The molecule has 29 heavy (non-hydrogen) atoms. The molecule has 0 radical (unpaired) electrons. The molecule has 1 atom stereocenters. The molecule has 154 valence electrons. The van der Waals surface area contributed by atoms with Crippen LogP contribution in [0.2, 0.25) is 0 Å². The number of anilines is 1. The van der Waals surface area contributed by atoms with Gasteiger partial charge in [-0.15, -0.1) is 0 Å². The van der Waals surface area contributed by atoms with Crippen LogP contribution in [0.25, 0.3) is 0 Å². The number of para-hydroxylation sites is 1. The number of benzene rings is 2. The van der Waals surface area contributed by atoms with Crippen molar-refractivity contribution in [3.8, 4) is 0 Å². The minimum atomic E-state index is 0.265. The van der Waals surface area contributed by atoms with E-state index in [0.717, 1.165) is 52.0 Å². The minimum Gasteiger partial charge on any atom is -0.371 e. The van der Waals surface area contributed by atoms with Crippen LogP contribution in [0.1, 0.15) is 30.7 Å². The van der Waals surface area contributed by atoms with Crippen molar-refractivity contribution in [1.82, 2.24) is 9.80 Å². The summed E-state index contributed by atoms with van der Waals surface area (Å²) in [4.78, 5) is 19.5. The number of hydrogen-bond donors (Lipinski definition) is 0. The Morgan fingerprint density at radius 3 is 2.28 bits per heavy atom. The number of carbonyl (C=O) groups is 1. The van der Waals surface area contributed by atoms with Crippen molar-refractivity contribution in [1.29, 1.82) is 0 Å². The monoisotopic (exact) mass is 391 g/mol. The number of hydrogen-bond acceptors (Lipinski definition) is 3. The summed E-state index contributed by atoms with van der Waals surface area (Å²) in [6.07, 6.45) is 3.46. The zero-order valence-electron chi connectivity index (χ0n) is 17.5. The van der Waals surface area contributed by atoms with Crippen LogP contribution in [-0.4, -0.2) is 62.0 Å². The van der Waals surface area contributed by atoms with E-state index in [9.17, 15) is 4.79 Å². The highest BCUT2D eigenvalue weighted by molar-refractivity contribution is 5.78. The van der Waals surface area contributed by atoms with Gasteiger partial charge in [0.15, 0.2) is 0 Å². The predicted octanol–water partition coefficient (Wildman–Crippen LogP) is 3.85. The normalized spacial score (nSPS) is 20.7. The number of carbonyl (C=O) groups excluding carboxylic acids is 1. The van der Waals surface area contributed by atoms with Crippen molar-refractivity contribution in [3.63, 3.8) is 0 Å². The lowest BCUT2D eigenvalue weighted by molar-refractivity contribution is -0.131. The molecule has 2 aliphatic heterocycles. The van der Waals surface area contributed by atoms with Gasteiger partial charge in [0.2, 0.25) is 5.91 Å². The van der Waals surface area contributed by atoms with Gasteiger partial charge in [-0.2, -0.15) is 0 Å². The fourth-order valence-electron chi connectivity index (χ4n) is 4.81. The van der Waals surface area contributed by atoms with Gasteiger partial charge >= 0.3 is 0 Å². The van der Waals surface area contributed by atoms with Crippen molar-refractivity contribution in [2.75, 3.05) is 51.2 Å². The Kier molecular flexibility index (Phi) is 6.50. The van der Waals surface area contributed by atoms with E-state index in [1.807, 2.05) is 11.9 Å². The smallest absolute Gasteiger partial charge is 0.236 e. The molecule has 0 saturated carbocycles. The zero-order valence-corrected chi connectivity index (χ0v) is 17.5. The number of piperidine rings is 1. The van der Waals surface area contributed by atoms with Crippen LogP contribution in [0, 0.1) is 5.92 Å². The summed E-state index contributed by atoms with van der Waals surface area (Å²) < 4.78 is 0. The Morgan fingerprint density at radius 2 is 1.59 bits per heavy atom. The molecule has 0 spiro atoms. The van der Waals surface area contributed by atoms with Gasteiger partial charge in [-0.05, 0) is 61.9 Å². The maximum atomic E-state index is 12.8. The summed E-state index contributed by atoms with van der Waals surface area (Å²) in [6, 6.07) is 21.4. The van der Waals surface area contributed by atoms with Gasteiger partial charge in [0, 0.05) is 32.4 Å². The van der Waals surface area contributed by atoms with E-state index in [2.05, 4.69) is 70.5 Å². The summed E-state index contributed by atoms with van der Waals surface area (Å²) in [5.41, 5.74) is 2.74. The number of amides is 1. The maximum absolute atomic E-state index is 12.8. The van der Waals surface area contributed by atoms with Crippen LogP contribution >= 0.6 is 0 Å². The summed E-state index contributed by atoms with van der Waals surface area (Å²) in [5, 5.41) is 0. The Balaban J connectivity index is 1.20. The van der Waals surface area contributed by atoms with Crippen LogP contribution in [0.3, 0.4) is 0 Å². The van der Waals surface area contributed by atoms with Crippen LogP contribution in [0.4, 0.5) is 5.69 Å². The van der Waals surface area contributed by atoms with Gasteiger partial charge in [0.05, 0.1) is 6.54 Å². The minimum absolute atomic E-state index is 0.265. The van der Waals surface area contributed by atoms with Gasteiger partial charge in [0.1, 0.15) is 0 Å². The first-order chi connectivity index (χ1) is 14.2. The van der Waals surface area contributed by atoms with Crippen molar-refractivity contribution >= 4 is 11.6 Å². The first kappa shape index (κ1) is 20.0. The first-order valence-corrected chi connectivity index (χ1v) is 11.0. The topological polar surface area (TPSA) is 26.8 Å². The maximum Gasteiger partial charge on any atom is 0.236 e. The van der Waals surface area contributed by atoms with Crippen molar-refractivity contribution in [2.45, 2.75) is 25.2 Å². The fraction of sp³-hybridized carbons (Fsp3) is 0.480. The largest absolute Gasteiger partial charge is 0.371 e. The lowest BCUT2D eigenvalue weighted by atomic mass is 9.89. The molecule has 4 nitrogen and oxygen atoms in total. The van der Waals surface area contributed by atoms with E-state index in [4.69, 9.17) is 0 Å². The Morgan fingerprint density at radius 1 is 0.931 bits per heavy atom. The molecule has 2 saturated heterocycles. The van der Waals surface area contributed by atoms with E-state index >= 15 is 0 Å². The molecule has 0 N–H and O–H groups in total. The van der Waals surface area contributed by atoms with Gasteiger partial charge < -0.3 is 9.80 Å². The van der Waals surface area contributed by atoms with Gasteiger partial charge in [-0.3, -0.25) is 9.69 Å². The standard InChI is InChI=1S/C25H33N3O/c1-26(18-21-12-17-28(19-21)24-10-6-3-7-11-24)25(29)20-27-15-13-23(14-16-27)22-8-4-2-5-9-22/h2-11,21,23H,12-20H2,1H3. The third-order valence-electron chi connectivity index (χ3n) is 6.58. The van der Waals surface area contributed by atoms with Crippen molar-refractivity contribution in [2.24, 2.45) is 5.92 Å². The molecule has 2 heterocycles. The molecule has 1 amide bonds. The molecule has 0 aliphatic carbocycles. The summed E-state index contributed by atoms with van der Waals surface area (Å²) >= 11 is 0. The molecule has 2 aliphatic rings. The van der Waals surface area contributed by atoms with E-state index in [-0.39, 0.29) is 5.91 Å². The van der Waals surface area contributed by atoms with Crippen LogP contribution in [0.5, 0.6) is 0 Å². The fourth-order valence-corrected chi connectivity index (χ4v) is 4.81. The van der Waals surface area contributed by atoms with Gasteiger partial charge in [-0.25, -0.2) is 0 Å². The molecule has 4 rings (SSSR count). The number of nitrogens with zero attached hydrogens (tertiary/aromatic N) is 3. The Hall–Kier alpha value is -2.33. The van der Waals surface area contributed by atoms with Crippen molar-refractivity contribution in [3.05, 3.63) is 66.2 Å². The zero-order chi connectivity index (χ0) is 20.1. The van der Waals surface area contributed by atoms with E-state index < -0.39 is 0 Å². The second kappa shape index (κ2) is 9.45. The SMILES string of the molecule is CN(CC1CCN(c2ccccc2)C1)C(=O)CN1CCC(c2ccccc2)CC1. The lowest BCUT2D eigenvalue weighted by Gasteiger charge is -2.33. The summed E-state index contributed by atoms with van der Waals surface area (Å²) in [5.74, 6) is 1.47. The lowest BCUT2D eigenvalue weighted by Crippen LogP contribution is -2.43. The van der Waals surface area contributed by atoms with Crippen molar-refractivity contribution < 1.29 is 4.79 Å². The summed E-state index contributed by atoms with van der Waals surface area (Å²) in [6.45, 7) is 5.60. The second-order valence-corrected chi connectivity index (χ2v) is 8.67. The molecular formula is C25H33N3O. The molecule has 2 aromatic carbocycles. The van der Waals surface area contributed by atoms with Crippen LogP contribution in [-0.2, 0) is 4.79 Å². The number of likely N-dealkylation sites (tertiary alicyclic amines) is 1. The second-order valence-electron chi connectivity index (χ2n) is 8.67. The molecule has 0 aromatic heterocycles. The quantitative estimate of drug-likeness (QED) is 0.748. The molecular weight excluding hydrogens is 358 g/mol. The van der Waals surface area contributed by atoms with Crippen LogP contribution in [0.15, 0.2) is 60.7 Å². The van der Waals surface area contributed by atoms with Gasteiger partial charge in [-0.1, -0.05) is 48.5 Å². The molecule has 4 heteroatoms. The predicted molar refractivity (Wildman–Crippen MR) is 119 cm³/mol. The molecule has 2 aromatic rings. The van der Waals surface area contributed by atoms with Crippen LogP contribution < -0.4 is 4.90 Å². The van der Waals surface area contributed by atoms with Gasteiger partial charge in [0.25, 0.3) is 0 Å². The third kappa shape index (κ3) is 5.18. The molecule has 1 unspecified atom stereocenters.